The Bertz CT molecular complexity index is 793. The Balaban J connectivity index is 2.25. The third-order valence-corrected chi connectivity index (χ3v) is 4.15. The average molecular weight is 346 g/mol. The smallest absolute Gasteiger partial charge is 0.258 e. The minimum Gasteiger partial charge on any atom is -0.478 e. The van der Waals surface area contributed by atoms with Crippen LogP contribution in [0.2, 0.25) is 0 Å². The molecule has 21 heavy (non-hydrogen) atoms. The van der Waals surface area contributed by atoms with Crippen molar-refractivity contribution < 1.29 is 9.15 Å². The summed E-state index contributed by atoms with van der Waals surface area (Å²) in [7, 11) is 1.60. The Labute approximate surface area is 132 Å². The van der Waals surface area contributed by atoms with Crippen molar-refractivity contribution in [3.63, 3.8) is 0 Å². The Hall–Kier alpha value is -1.81. The first kappa shape index (κ1) is 14.1. The van der Waals surface area contributed by atoms with E-state index in [1.165, 1.54) is 5.56 Å². The Morgan fingerprint density at radius 3 is 2.71 bits per heavy atom. The third kappa shape index (κ3) is 2.44. The van der Waals surface area contributed by atoms with Gasteiger partial charge in [0.25, 0.3) is 5.88 Å². The van der Waals surface area contributed by atoms with Gasteiger partial charge in [0.2, 0.25) is 0 Å². The van der Waals surface area contributed by atoms with Crippen molar-refractivity contribution in [2.75, 3.05) is 7.11 Å². The fourth-order valence-electron chi connectivity index (χ4n) is 2.47. The summed E-state index contributed by atoms with van der Waals surface area (Å²) in [5, 5.41) is 0.968. The monoisotopic (exact) mass is 345 g/mol. The van der Waals surface area contributed by atoms with Crippen molar-refractivity contribution in [1.29, 1.82) is 0 Å². The fourth-order valence-corrected chi connectivity index (χ4v) is 2.87. The second kappa shape index (κ2) is 5.53. The van der Waals surface area contributed by atoms with E-state index >= 15 is 0 Å². The van der Waals surface area contributed by atoms with Crippen LogP contribution in [0.5, 0.6) is 5.88 Å². The van der Waals surface area contributed by atoms with E-state index in [-0.39, 0.29) is 0 Å². The number of methoxy groups -OCH3 is 1. The first-order valence-corrected chi connectivity index (χ1v) is 7.62. The van der Waals surface area contributed by atoms with Crippen LogP contribution in [0.1, 0.15) is 25.3 Å². The number of aromatic nitrogens is 1. The lowest BCUT2D eigenvalue weighted by molar-refractivity contribution is 0.394. The summed E-state index contributed by atoms with van der Waals surface area (Å²) in [6.45, 7) is 4.36. The lowest BCUT2D eigenvalue weighted by Gasteiger charge is -2.10. The lowest BCUT2D eigenvalue weighted by atomic mass is 9.96. The van der Waals surface area contributed by atoms with Crippen molar-refractivity contribution in [3.05, 3.63) is 46.6 Å². The zero-order chi connectivity index (χ0) is 15.0. The summed E-state index contributed by atoms with van der Waals surface area (Å²) in [6, 6.07) is 10.3. The molecule has 2 heterocycles. The van der Waals surface area contributed by atoms with E-state index in [4.69, 9.17) is 9.15 Å². The summed E-state index contributed by atoms with van der Waals surface area (Å²) in [6.07, 6.45) is 1.73. The molecule has 3 nitrogen and oxygen atoms in total. The molecule has 3 rings (SSSR count). The van der Waals surface area contributed by atoms with Gasteiger partial charge in [-0.05, 0) is 33.5 Å². The van der Waals surface area contributed by atoms with Gasteiger partial charge in [0.05, 0.1) is 7.11 Å². The number of furan rings is 1. The number of ether oxygens (including phenoxy) is 1. The molecular weight excluding hydrogens is 330 g/mol. The highest BCUT2D eigenvalue weighted by molar-refractivity contribution is 9.10. The predicted molar refractivity (Wildman–Crippen MR) is 87.8 cm³/mol. The molecule has 0 aliphatic carbocycles. The molecule has 108 valence electrons. The first-order valence-electron chi connectivity index (χ1n) is 6.83. The Morgan fingerprint density at radius 2 is 2.00 bits per heavy atom. The van der Waals surface area contributed by atoms with Gasteiger partial charge in [-0.15, -0.1) is 0 Å². The van der Waals surface area contributed by atoms with Crippen LogP contribution < -0.4 is 4.74 Å². The topological polar surface area (TPSA) is 35.3 Å². The standard InChI is InChI=1S/C17H16BrNO2/c1-10(2)11-6-4-5-7-12(11)15-8-13-14(18)9-19-17(20-3)16(13)21-15/h4-10H,1-3H3. The molecule has 0 saturated heterocycles. The van der Waals surface area contributed by atoms with Gasteiger partial charge in [-0.1, -0.05) is 38.1 Å². The van der Waals surface area contributed by atoms with Crippen LogP contribution in [0.25, 0.3) is 22.3 Å². The lowest BCUT2D eigenvalue weighted by Crippen LogP contribution is -1.90. The molecule has 0 N–H and O–H groups in total. The minimum absolute atomic E-state index is 0.429. The Morgan fingerprint density at radius 1 is 1.24 bits per heavy atom. The molecule has 0 aliphatic heterocycles. The molecule has 4 heteroatoms. The highest BCUT2D eigenvalue weighted by atomic mass is 79.9. The number of nitrogens with zero attached hydrogens (tertiary/aromatic N) is 1. The molecule has 0 fully saturated rings. The molecule has 1 aromatic carbocycles. The first-order chi connectivity index (χ1) is 10.1. The molecule has 0 atom stereocenters. The summed E-state index contributed by atoms with van der Waals surface area (Å²) in [5.74, 6) is 1.76. The number of halogens is 1. The van der Waals surface area contributed by atoms with Crippen LogP contribution in [-0.4, -0.2) is 12.1 Å². The van der Waals surface area contributed by atoms with Crippen LogP contribution in [0.3, 0.4) is 0 Å². The molecule has 0 unspecified atom stereocenters. The van der Waals surface area contributed by atoms with Crippen LogP contribution in [0.15, 0.2) is 45.4 Å². The van der Waals surface area contributed by atoms with Gasteiger partial charge in [-0.3, -0.25) is 0 Å². The number of rotatable bonds is 3. The molecule has 0 amide bonds. The molecular formula is C17H16BrNO2. The van der Waals surface area contributed by atoms with E-state index in [0.717, 1.165) is 21.2 Å². The van der Waals surface area contributed by atoms with Crippen molar-refractivity contribution in [3.8, 4) is 17.2 Å². The molecule has 0 spiro atoms. The fraction of sp³-hybridized carbons (Fsp3) is 0.235. The van der Waals surface area contributed by atoms with Gasteiger partial charge in [0.1, 0.15) is 5.76 Å². The Kier molecular flexibility index (Phi) is 3.72. The van der Waals surface area contributed by atoms with E-state index in [2.05, 4.69) is 53.0 Å². The maximum atomic E-state index is 6.03. The molecule has 0 radical (unpaired) electrons. The van der Waals surface area contributed by atoms with Gasteiger partial charge < -0.3 is 9.15 Å². The summed E-state index contributed by atoms with van der Waals surface area (Å²) >= 11 is 3.52. The van der Waals surface area contributed by atoms with E-state index in [1.54, 1.807) is 13.3 Å². The van der Waals surface area contributed by atoms with Crippen LogP contribution >= 0.6 is 15.9 Å². The number of fused-ring (bicyclic) bond motifs is 1. The molecule has 0 saturated carbocycles. The zero-order valence-electron chi connectivity index (χ0n) is 12.2. The van der Waals surface area contributed by atoms with Gasteiger partial charge in [0, 0.05) is 21.6 Å². The second-order valence-corrected chi connectivity index (χ2v) is 6.07. The maximum absolute atomic E-state index is 6.03. The number of benzene rings is 1. The predicted octanol–water partition coefficient (Wildman–Crippen LogP) is 5.39. The van der Waals surface area contributed by atoms with Gasteiger partial charge in [0.15, 0.2) is 5.58 Å². The molecule has 0 aliphatic rings. The van der Waals surface area contributed by atoms with E-state index in [0.29, 0.717) is 17.4 Å². The van der Waals surface area contributed by atoms with E-state index in [1.807, 2.05) is 12.1 Å². The number of hydrogen-bond donors (Lipinski definition) is 0. The van der Waals surface area contributed by atoms with Crippen LogP contribution in [0, 0.1) is 0 Å². The largest absolute Gasteiger partial charge is 0.478 e. The normalized spacial score (nSPS) is 11.3. The SMILES string of the molecule is COc1ncc(Br)c2cc(-c3ccccc3C(C)C)oc12. The molecule has 0 bridgehead atoms. The quantitative estimate of drug-likeness (QED) is 0.638. The maximum Gasteiger partial charge on any atom is 0.258 e. The minimum atomic E-state index is 0.429. The average Bonchev–Trinajstić information content (AvgIpc) is 2.93. The number of hydrogen-bond acceptors (Lipinski definition) is 3. The molecule has 2 aromatic heterocycles. The van der Waals surface area contributed by atoms with Crippen molar-refractivity contribution in [1.82, 2.24) is 4.98 Å². The van der Waals surface area contributed by atoms with Gasteiger partial charge >= 0.3 is 0 Å². The third-order valence-electron chi connectivity index (χ3n) is 3.52. The van der Waals surface area contributed by atoms with E-state index in [9.17, 15) is 0 Å². The summed E-state index contributed by atoms with van der Waals surface area (Å²) in [4.78, 5) is 4.23. The zero-order valence-corrected chi connectivity index (χ0v) is 13.8. The van der Waals surface area contributed by atoms with Crippen LogP contribution in [0.4, 0.5) is 0 Å². The summed E-state index contributed by atoms with van der Waals surface area (Å²) < 4.78 is 12.2. The highest BCUT2D eigenvalue weighted by Gasteiger charge is 2.16. The van der Waals surface area contributed by atoms with Gasteiger partial charge in [-0.2, -0.15) is 0 Å². The number of pyridine rings is 1. The molecule has 3 aromatic rings. The van der Waals surface area contributed by atoms with Gasteiger partial charge in [-0.25, -0.2) is 4.98 Å². The van der Waals surface area contributed by atoms with Crippen molar-refractivity contribution in [2.24, 2.45) is 0 Å². The second-order valence-electron chi connectivity index (χ2n) is 5.21. The highest BCUT2D eigenvalue weighted by Crippen LogP contribution is 2.38. The van der Waals surface area contributed by atoms with Crippen molar-refractivity contribution >= 4 is 26.9 Å². The summed E-state index contributed by atoms with van der Waals surface area (Å²) in [5.41, 5.74) is 3.04. The van der Waals surface area contributed by atoms with Crippen molar-refractivity contribution in [2.45, 2.75) is 19.8 Å². The van der Waals surface area contributed by atoms with Crippen LogP contribution in [-0.2, 0) is 0 Å². The van der Waals surface area contributed by atoms with E-state index < -0.39 is 0 Å².